The van der Waals surface area contributed by atoms with E-state index in [0.717, 1.165) is 17.3 Å². The molecule has 2 aromatic carbocycles. The Bertz CT molecular complexity index is 1220. The van der Waals surface area contributed by atoms with Crippen molar-refractivity contribution in [3.63, 3.8) is 0 Å². The van der Waals surface area contributed by atoms with E-state index in [-0.39, 0.29) is 5.91 Å². The summed E-state index contributed by atoms with van der Waals surface area (Å²) < 4.78 is 28.0. The zero-order chi connectivity index (χ0) is 22.6. The van der Waals surface area contributed by atoms with Gasteiger partial charge in [-0.1, -0.05) is 36.7 Å². The van der Waals surface area contributed by atoms with E-state index in [4.69, 9.17) is 11.6 Å². The summed E-state index contributed by atoms with van der Waals surface area (Å²) in [6, 6.07) is 14.3. The summed E-state index contributed by atoms with van der Waals surface area (Å²) in [4.78, 5) is 17.5. The van der Waals surface area contributed by atoms with Crippen LogP contribution in [0.2, 0.25) is 5.02 Å². The van der Waals surface area contributed by atoms with E-state index in [1.165, 1.54) is 0 Å². The van der Waals surface area contributed by atoms with E-state index in [9.17, 15) is 13.2 Å². The molecule has 1 amide bonds. The van der Waals surface area contributed by atoms with Crippen molar-refractivity contribution in [2.75, 3.05) is 24.6 Å². The molecule has 1 heterocycles. The second-order valence-corrected chi connectivity index (χ2v) is 9.35. The third-order valence-electron chi connectivity index (χ3n) is 5.19. The first kappa shape index (κ1) is 22.8. The van der Waals surface area contributed by atoms with Crippen LogP contribution < -0.4 is 10.0 Å². The highest BCUT2D eigenvalue weighted by Crippen LogP contribution is 2.37. The number of fused-ring (bicyclic) bond motifs is 1. The Kier molecular flexibility index (Phi) is 6.71. The van der Waals surface area contributed by atoms with Crippen molar-refractivity contribution in [3.05, 3.63) is 65.3 Å². The van der Waals surface area contributed by atoms with Gasteiger partial charge in [-0.3, -0.25) is 14.5 Å². The first-order valence-corrected chi connectivity index (χ1v) is 12.0. The Morgan fingerprint density at radius 3 is 2.52 bits per heavy atom. The second-order valence-electron chi connectivity index (χ2n) is 7.17. The summed E-state index contributed by atoms with van der Waals surface area (Å²) in [6.45, 7) is 2.23. The number of carbonyl (C=O) groups is 1. The van der Waals surface area contributed by atoms with Crippen LogP contribution in [-0.4, -0.2) is 45.0 Å². The molecular formula is C22H25ClN4O3S. The maximum Gasteiger partial charge on any atom is 0.251 e. The predicted octanol–water partition coefficient (Wildman–Crippen LogP) is 3.64. The van der Waals surface area contributed by atoms with Gasteiger partial charge in [0.25, 0.3) is 5.91 Å². The summed E-state index contributed by atoms with van der Waals surface area (Å²) in [5.41, 5.74) is 0.880. The van der Waals surface area contributed by atoms with E-state index in [1.54, 1.807) is 37.5 Å². The molecule has 31 heavy (non-hydrogen) atoms. The van der Waals surface area contributed by atoms with Crippen molar-refractivity contribution in [2.24, 2.45) is 4.99 Å². The highest BCUT2D eigenvalue weighted by molar-refractivity contribution is 7.92. The largest absolute Gasteiger partial charge is 0.349 e. The molecule has 0 aliphatic carbocycles. The van der Waals surface area contributed by atoms with Gasteiger partial charge in [0.15, 0.2) is 0 Å². The standard InChI is InChI=1S/C22H25ClN4O3S/c1-4-22(21(28)25-14-13-24-2,16-8-10-17(23)11-9-16)27-15-12-18-19(26-31(3,29)30)6-5-7-20(18)27/h5-13,15,26H,4,14H2,1-3H3,(H,25,28). The van der Waals surface area contributed by atoms with Gasteiger partial charge in [0.05, 0.1) is 24.0 Å². The van der Waals surface area contributed by atoms with Crippen LogP contribution in [0.4, 0.5) is 5.69 Å². The number of rotatable bonds is 8. The van der Waals surface area contributed by atoms with E-state index in [2.05, 4.69) is 15.0 Å². The lowest BCUT2D eigenvalue weighted by molar-refractivity contribution is -0.127. The fourth-order valence-electron chi connectivity index (χ4n) is 3.81. The lowest BCUT2D eigenvalue weighted by Crippen LogP contribution is -2.49. The van der Waals surface area contributed by atoms with Crippen LogP contribution in [0.15, 0.2) is 59.7 Å². The number of aromatic nitrogens is 1. The average Bonchev–Trinajstić information content (AvgIpc) is 3.15. The molecule has 0 saturated carbocycles. The first-order chi connectivity index (χ1) is 14.7. The molecule has 0 aliphatic rings. The molecule has 3 rings (SSSR count). The second kappa shape index (κ2) is 9.11. The number of nitrogens with one attached hydrogen (secondary N) is 2. The molecule has 1 unspecified atom stereocenters. The van der Waals surface area contributed by atoms with Gasteiger partial charge in [-0.05, 0) is 42.3 Å². The van der Waals surface area contributed by atoms with Crippen LogP contribution in [0, 0.1) is 0 Å². The summed E-state index contributed by atoms with van der Waals surface area (Å²) in [6.07, 6.45) is 5.00. The number of sulfonamides is 1. The van der Waals surface area contributed by atoms with Gasteiger partial charge in [-0.15, -0.1) is 0 Å². The van der Waals surface area contributed by atoms with E-state index < -0.39 is 15.6 Å². The molecule has 2 N–H and O–H groups in total. The van der Waals surface area contributed by atoms with E-state index in [1.807, 2.05) is 42.0 Å². The summed E-state index contributed by atoms with van der Waals surface area (Å²) in [5.74, 6) is -0.198. The third kappa shape index (κ3) is 4.60. The Hall–Kier alpha value is -2.84. The number of halogens is 1. The number of anilines is 1. The third-order valence-corrected chi connectivity index (χ3v) is 6.03. The number of nitrogens with zero attached hydrogens (tertiary/aromatic N) is 2. The normalized spacial score (nSPS) is 13.9. The van der Waals surface area contributed by atoms with Crippen molar-refractivity contribution in [1.82, 2.24) is 9.88 Å². The van der Waals surface area contributed by atoms with Gasteiger partial charge in [0.1, 0.15) is 5.54 Å². The molecule has 9 heteroatoms. The van der Waals surface area contributed by atoms with E-state index >= 15 is 0 Å². The zero-order valence-corrected chi connectivity index (χ0v) is 19.2. The molecule has 1 aromatic heterocycles. The summed E-state index contributed by atoms with van der Waals surface area (Å²) >= 11 is 6.10. The Balaban J connectivity index is 2.24. The number of benzene rings is 2. The summed E-state index contributed by atoms with van der Waals surface area (Å²) in [5, 5.41) is 4.21. The minimum atomic E-state index is -3.46. The SMILES string of the molecule is CCC(C(=O)NCC=NC)(c1ccc(Cl)cc1)n1ccc2c(NS(C)(=O)=O)cccc21. The summed E-state index contributed by atoms with van der Waals surface area (Å²) in [7, 11) is -1.81. The van der Waals surface area contributed by atoms with Gasteiger partial charge < -0.3 is 9.88 Å². The lowest BCUT2D eigenvalue weighted by atomic mass is 9.85. The van der Waals surface area contributed by atoms with E-state index in [0.29, 0.717) is 29.1 Å². The van der Waals surface area contributed by atoms with Crippen molar-refractivity contribution in [2.45, 2.75) is 18.9 Å². The average molecular weight is 461 g/mol. The van der Waals surface area contributed by atoms with Gasteiger partial charge in [-0.2, -0.15) is 0 Å². The van der Waals surface area contributed by atoms with Crippen LogP contribution in [-0.2, 0) is 20.4 Å². The highest BCUT2D eigenvalue weighted by Gasteiger charge is 2.41. The maximum absolute atomic E-state index is 13.6. The molecule has 0 saturated heterocycles. The molecular weight excluding hydrogens is 436 g/mol. The Morgan fingerprint density at radius 1 is 1.19 bits per heavy atom. The lowest BCUT2D eigenvalue weighted by Gasteiger charge is -2.34. The van der Waals surface area contributed by atoms with Crippen molar-refractivity contribution < 1.29 is 13.2 Å². The fourth-order valence-corrected chi connectivity index (χ4v) is 4.51. The molecule has 0 radical (unpaired) electrons. The predicted molar refractivity (Wildman–Crippen MR) is 127 cm³/mol. The Morgan fingerprint density at radius 2 is 1.90 bits per heavy atom. The van der Waals surface area contributed by atoms with Crippen LogP contribution in [0.1, 0.15) is 18.9 Å². The van der Waals surface area contributed by atoms with Gasteiger partial charge >= 0.3 is 0 Å². The number of hydrogen-bond donors (Lipinski definition) is 2. The van der Waals surface area contributed by atoms with Crippen molar-refractivity contribution >= 4 is 50.3 Å². The number of amides is 1. The number of hydrogen-bond acceptors (Lipinski definition) is 4. The van der Waals surface area contributed by atoms with Crippen LogP contribution in [0.3, 0.4) is 0 Å². The van der Waals surface area contributed by atoms with Crippen LogP contribution in [0.5, 0.6) is 0 Å². The molecule has 0 bridgehead atoms. The molecule has 7 nitrogen and oxygen atoms in total. The fraction of sp³-hybridized carbons (Fsp3) is 0.273. The number of aliphatic imine (C=N–C) groups is 1. The molecule has 1 atom stereocenters. The smallest absolute Gasteiger partial charge is 0.251 e. The molecule has 164 valence electrons. The Labute approximate surface area is 187 Å². The van der Waals surface area contributed by atoms with Gasteiger partial charge in [-0.25, -0.2) is 8.42 Å². The number of carbonyl (C=O) groups excluding carboxylic acids is 1. The molecule has 0 aliphatic heterocycles. The quantitative estimate of drug-likeness (QED) is 0.502. The maximum atomic E-state index is 13.6. The topological polar surface area (TPSA) is 92.6 Å². The molecule has 3 aromatic rings. The van der Waals surface area contributed by atoms with Crippen molar-refractivity contribution in [1.29, 1.82) is 0 Å². The van der Waals surface area contributed by atoms with Crippen molar-refractivity contribution in [3.8, 4) is 0 Å². The van der Waals surface area contributed by atoms with Crippen LogP contribution in [0.25, 0.3) is 10.9 Å². The molecule has 0 spiro atoms. The van der Waals surface area contributed by atoms with Gasteiger partial charge in [0, 0.05) is 29.9 Å². The zero-order valence-electron chi connectivity index (χ0n) is 17.6. The highest BCUT2D eigenvalue weighted by atomic mass is 35.5. The minimum absolute atomic E-state index is 0.198. The van der Waals surface area contributed by atoms with Crippen LogP contribution >= 0.6 is 11.6 Å². The monoisotopic (exact) mass is 460 g/mol. The minimum Gasteiger partial charge on any atom is -0.349 e. The first-order valence-electron chi connectivity index (χ1n) is 9.76. The molecule has 0 fully saturated rings. The van der Waals surface area contributed by atoms with Gasteiger partial charge in [0.2, 0.25) is 10.0 Å².